The molecule has 2 aromatic carbocycles. The van der Waals surface area contributed by atoms with Crippen molar-refractivity contribution < 1.29 is 23.1 Å². The lowest BCUT2D eigenvalue weighted by atomic mass is 10.0. The second-order valence-corrected chi connectivity index (χ2v) is 6.15. The van der Waals surface area contributed by atoms with Crippen molar-refractivity contribution >= 4 is 35.2 Å². The predicted octanol–water partition coefficient (Wildman–Crippen LogP) is 4.33. The fraction of sp³-hybridized carbons (Fsp3) is 0.150. The highest BCUT2D eigenvalue weighted by molar-refractivity contribution is 6.49. The number of rotatable bonds is 8. The molecule has 0 saturated heterocycles. The van der Waals surface area contributed by atoms with E-state index in [-0.39, 0.29) is 28.9 Å². The lowest BCUT2D eigenvalue weighted by Gasteiger charge is -2.12. The third-order valence-electron chi connectivity index (χ3n) is 3.77. The van der Waals surface area contributed by atoms with E-state index in [0.29, 0.717) is 17.5 Å². The van der Waals surface area contributed by atoms with Crippen molar-refractivity contribution in [3.63, 3.8) is 0 Å². The first-order chi connectivity index (χ1) is 13.3. The van der Waals surface area contributed by atoms with Crippen LogP contribution < -0.4 is 5.32 Å². The van der Waals surface area contributed by atoms with Gasteiger partial charge < -0.3 is 10.1 Å². The van der Waals surface area contributed by atoms with E-state index in [4.69, 9.17) is 16.3 Å². The number of halogens is 3. The maximum Gasteiger partial charge on any atom is 0.234 e. The minimum Gasteiger partial charge on any atom is -0.472 e. The van der Waals surface area contributed by atoms with Crippen LogP contribution in [0.15, 0.2) is 47.3 Å². The number of ether oxygens (including phenoxy) is 1. The van der Waals surface area contributed by atoms with Gasteiger partial charge in [-0.15, -0.1) is 0 Å². The van der Waals surface area contributed by atoms with Gasteiger partial charge in [0.15, 0.2) is 5.78 Å². The second-order valence-electron chi connectivity index (χ2n) is 5.77. The molecule has 2 rings (SSSR count). The van der Waals surface area contributed by atoms with Crippen LogP contribution in [0.1, 0.15) is 34.0 Å². The number of amides is 1. The molecule has 0 bridgehead atoms. The van der Waals surface area contributed by atoms with Gasteiger partial charge in [0, 0.05) is 22.8 Å². The summed E-state index contributed by atoms with van der Waals surface area (Å²) in [6.45, 7) is 2.93. The van der Waals surface area contributed by atoms with Gasteiger partial charge in [-0.25, -0.2) is 13.8 Å². The zero-order valence-corrected chi connectivity index (χ0v) is 15.9. The fourth-order valence-corrected chi connectivity index (χ4v) is 2.57. The summed E-state index contributed by atoms with van der Waals surface area (Å²) in [5.41, 5.74) is 1.78. The van der Waals surface area contributed by atoms with Gasteiger partial charge in [0.2, 0.25) is 12.3 Å². The maximum absolute atomic E-state index is 13.8. The normalized spacial score (nSPS) is 11.9. The zero-order chi connectivity index (χ0) is 20.7. The first kappa shape index (κ1) is 21.2. The molecule has 0 heterocycles. The third kappa shape index (κ3) is 5.47. The number of Topliss-reactive ketones (excluding diaryl/α,β-unsaturated/α-hetero) is 1. The number of aliphatic imine (C=N–C) groups is 1. The fourth-order valence-electron chi connectivity index (χ4n) is 2.26. The SMILES string of the molecule is CC(=O)c1ccc(C)c(/C(Cl)=C(\N=C/NC=O)OCc2ccc(F)cc2F)c1. The number of ketones is 1. The molecule has 146 valence electrons. The van der Waals surface area contributed by atoms with E-state index in [2.05, 4.69) is 10.3 Å². The number of hydrogen-bond acceptors (Lipinski definition) is 4. The molecule has 0 unspecified atom stereocenters. The Bertz CT molecular complexity index is 958. The number of aryl methyl sites for hydroxylation is 1. The van der Waals surface area contributed by atoms with E-state index in [9.17, 15) is 18.4 Å². The summed E-state index contributed by atoms with van der Waals surface area (Å²) in [4.78, 5) is 26.0. The second kappa shape index (κ2) is 9.75. The van der Waals surface area contributed by atoms with Crippen LogP contribution in [0.25, 0.3) is 5.03 Å². The van der Waals surface area contributed by atoms with Crippen LogP contribution in [0.4, 0.5) is 8.78 Å². The first-order valence-electron chi connectivity index (χ1n) is 8.14. The highest BCUT2D eigenvalue weighted by Crippen LogP contribution is 2.29. The molecular formula is C20H17ClF2N2O3. The minimum atomic E-state index is -0.778. The molecule has 5 nitrogen and oxygen atoms in total. The molecule has 0 atom stereocenters. The minimum absolute atomic E-state index is 0.0621. The number of carbonyl (C=O) groups is 2. The van der Waals surface area contributed by atoms with Crippen LogP contribution in [-0.4, -0.2) is 18.5 Å². The first-order valence-corrected chi connectivity index (χ1v) is 8.52. The Morgan fingerprint density at radius 2 is 2.00 bits per heavy atom. The zero-order valence-electron chi connectivity index (χ0n) is 15.1. The van der Waals surface area contributed by atoms with E-state index in [1.807, 2.05) is 0 Å². The Hall–Kier alpha value is -3.06. The number of nitrogens with one attached hydrogen (secondary N) is 1. The molecule has 0 radical (unpaired) electrons. The van der Waals surface area contributed by atoms with E-state index in [1.54, 1.807) is 25.1 Å². The van der Waals surface area contributed by atoms with Gasteiger partial charge >= 0.3 is 0 Å². The molecule has 2 aromatic rings. The molecule has 0 aliphatic heterocycles. The molecular weight excluding hydrogens is 390 g/mol. The third-order valence-corrected chi connectivity index (χ3v) is 4.14. The molecule has 0 fully saturated rings. The van der Waals surface area contributed by atoms with Crippen LogP contribution in [-0.2, 0) is 16.1 Å². The molecule has 0 aliphatic carbocycles. The highest BCUT2D eigenvalue weighted by Gasteiger charge is 2.14. The number of hydrogen-bond donors (Lipinski definition) is 1. The Kier molecular flexibility index (Phi) is 7.40. The maximum atomic E-state index is 13.8. The standard InChI is InChI=1S/C20H17ClF2N2O3/c1-12-3-4-14(13(2)27)7-17(12)19(21)20(25-10-24-11-26)28-9-15-5-6-16(22)8-18(15)23/h3-8,10-11H,9H2,1-2H3,(H,24,25,26)/b20-19-. The molecule has 1 amide bonds. The monoisotopic (exact) mass is 406 g/mol. The number of benzene rings is 2. The van der Waals surface area contributed by atoms with E-state index in [1.165, 1.54) is 13.0 Å². The van der Waals surface area contributed by atoms with Crippen molar-refractivity contribution in [2.75, 3.05) is 0 Å². The van der Waals surface area contributed by atoms with Crippen LogP contribution in [0.2, 0.25) is 0 Å². The lowest BCUT2D eigenvalue weighted by molar-refractivity contribution is -0.108. The predicted molar refractivity (Wildman–Crippen MR) is 103 cm³/mol. The Balaban J connectivity index is 2.41. The number of carbonyl (C=O) groups excluding carboxylic acids is 2. The Morgan fingerprint density at radius 1 is 1.25 bits per heavy atom. The summed E-state index contributed by atoms with van der Waals surface area (Å²) < 4.78 is 32.4. The summed E-state index contributed by atoms with van der Waals surface area (Å²) in [5.74, 6) is -1.74. The average molecular weight is 407 g/mol. The average Bonchev–Trinajstić information content (AvgIpc) is 2.65. The number of nitrogens with zero attached hydrogens (tertiary/aromatic N) is 1. The Morgan fingerprint density at radius 3 is 2.64 bits per heavy atom. The topological polar surface area (TPSA) is 67.8 Å². The van der Waals surface area contributed by atoms with Gasteiger partial charge in [0.05, 0.1) is 6.34 Å². The van der Waals surface area contributed by atoms with E-state index in [0.717, 1.165) is 24.0 Å². The van der Waals surface area contributed by atoms with Gasteiger partial charge in [-0.3, -0.25) is 9.59 Å². The molecule has 8 heteroatoms. The summed E-state index contributed by atoms with van der Waals surface area (Å²) >= 11 is 6.42. The van der Waals surface area contributed by atoms with Crippen molar-refractivity contribution in [2.45, 2.75) is 20.5 Å². The van der Waals surface area contributed by atoms with Gasteiger partial charge in [-0.2, -0.15) is 0 Å². The van der Waals surface area contributed by atoms with Crippen molar-refractivity contribution in [1.82, 2.24) is 5.32 Å². The van der Waals surface area contributed by atoms with Gasteiger partial charge in [-0.05, 0) is 37.6 Å². The Labute approximate surface area is 165 Å². The molecule has 0 saturated carbocycles. The molecule has 28 heavy (non-hydrogen) atoms. The molecule has 0 aromatic heterocycles. The molecule has 0 aliphatic rings. The van der Waals surface area contributed by atoms with Gasteiger partial charge in [0.25, 0.3) is 0 Å². The van der Waals surface area contributed by atoms with E-state index >= 15 is 0 Å². The van der Waals surface area contributed by atoms with Crippen LogP contribution in [0, 0.1) is 18.6 Å². The van der Waals surface area contributed by atoms with Crippen molar-refractivity contribution in [2.24, 2.45) is 4.99 Å². The smallest absolute Gasteiger partial charge is 0.234 e. The molecule has 0 spiro atoms. The van der Waals surface area contributed by atoms with E-state index < -0.39 is 11.6 Å². The van der Waals surface area contributed by atoms with Crippen LogP contribution in [0.3, 0.4) is 0 Å². The van der Waals surface area contributed by atoms with Gasteiger partial charge in [-0.1, -0.05) is 23.7 Å². The van der Waals surface area contributed by atoms with Crippen molar-refractivity contribution in [1.29, 1.82) is 0 Å². The van der Waals surface area contributed by atoms with Crippen LogP contribution >= 0.6 is 11.6 Å². The lowest BCUT2D eigenvalue weighted by Crippen LogP contribution is -2.08. The van der Waals surface area contributed by atoms with Crippen LogP contribution in [0.5, 0.6) is 0 Å². The largest absolute Gasteiger partial charge is 0.472 e. The summed E-state index contributed by atoms with van der Waals surface area (Å²) in [6.07, 6.45) is 1.45. The summed E-state index contributed by atoms with van der Waals surface area (Å²) in [6, 6.07) is 8.05. The summed E-state index contributed by atoms with van der Waals surface area (Å²) in [5, 5.41) is 2.29. The van der Waals surface area contributed by atoms with Crippen molar-refractivity contribution in [3.8, 4) is 0 Å². The highest BCUT2D eigenvalue weighted by atomic mass is 35.5. The van der Waals surface area contributed by atoms with Crippen molar-refractivity contribution in [3.05, 3.63) is 76.2 Å². The quantitative estimate of drug-likeness (QED) is 0.233. The van der Waals surface area contributed by atoms with Gasteiger partial charge in [0.1, 0.15) is 23.3 Å². The molecule has 1 N–H and O–H groups in total. The summed E-state index contributed by atoms with van der Waals surface area (Å²) in [7, 11) is 0.